The van der Waals surface area contributed by atoms with Gasteiger partial charge in [-0.2, -0.15) is 0 Å². The summed E-state index contributed by atoms with van der Waals surface area (Å²) < 4.78 is 0. The summed E-state index contributed by atoms with van der Waals surface area (Å²) in [6.45, 7) is 0. The van der Waals surface area contributed by atoms with Crippen LogP contribution >= 0.6 is 0 Å². The van der Waals surface area contributed by atoms with Gasteiger partial charge in [-0.1, -0.05) is 18.2 Å². The van der Waals surface area contributed by atoms with E-state index in [0.717, 1.165) is 0 Å². The van der Waals surface area contributed by atoms with Gasteiger partial charge in [-0.25, -0.2) is 0 Å². The first-order valence-electron chi connectivity index (χ1n) is 5.29. The van der Waals surface area contributed by atoms with Crippen molar-refractivity contribution in [3.8, 4) is 0 Å². The number of aliphatic hydroxyl groups is 1. The van der Waals surface area contributed by atoms with E-state index >= 15 is 0 Å². The number of hydrogen-bond donors (Lipinski definition) is 1. The lowest BCUT2D eigenvalue weighted by molar-refractivity contribution is 0.0935. The summed E-state index contributed by atoms with van der Waals surface area (Å²) in [5, 5.41) is 10.1. The van der Waals surface area contributed by atoms with Crippen molar-refractivity contribution >= 4 is 11.6 Å². The molecule has 1 aromatic heterocycles. The Kier molecular flexibility index (Phi) is 2.16. The largest absolute Gasteiger partial charge is 0.369 e. The third-order valence-electron chi connectivity index (χ3n) is 2.86. The number of benzene rings is 1. The predicted molar refractivity (Wildman–Crippen MR) is 62.4 cm³/mol. The number of amides is 1. The molecule has 1 amide bonds. The quantitative estimate of drug-likeness (QED) is 0.805. The minimum Gasteiger partial charge on any atom is -0.369 e. The number of hydrogen-bond acceptors (Lipinski definition) is 3. The maximum Gasteiger partial charge on any atom is 0.262 e. The Morgan fingerprint density at radius 1 is 1.18 bits per heavy atom. The third kappa shape index (κ3) is 1.42. The van der Waals surface area contributed by atoms with Crippen LogP contribution < -0.4 is 4.90 Å². The van der Waals surface area contributed by atoms with Crippen LogP contribution in [0.3, 0.4) is 0 Å². The highest BCUT2D eigenvalue weighted by Crippen LogP contribution is 2.34. The molecule has 1 atom stereocenters. The fraction of sp³-hybridized carbons (Fsp3) is 0.0769. The van der Waals surface area contributed by atoms with E-state index < -0.39 is 6.23 Å². The first-order chi connectivity index (χ1) is 8.29. The molecule has 1 aliphatic heterocycles. The molecule has 84 valence electrons. The Balaban J connectivity index is 2.10. The van der Waals surface area contributed by atoms with Crippen LogP contribution in [0.25, 0.3) is 0 Å². The van der Waals surface area contributed by atoms with Crippen molar-refractivity contribution in [1.82, 2.24) is 4.98 Å². The molecule has 2 heterocycles. The van der Waals surface area contributed by atoms with Crippen LogP contribution in [0.5, 0.6) is 0 Å². The molecule has 3 rings (SSSR count). The molecule has 1 aliphatic rings. The highest BCUT2D eigenvalue weighted by Gasteiger charge is 2.36. The minimum atomic E-state index is -0.928. The summed E-state index contributed by atoms with van der Waals surface area (Å²) >= 11 is 0. The van der Waals surface area contributed by atoms with Gasteiger partial charge >= 0.3 is 0 Å². The van der Waals surface area contributed by atoms with Crippen LogP contribution in [0.2, 0.25) is 0 Å². The van der Waals surface area contributed by atoms with Crippen molar-refractivity contribution in [2.75, 3.05) is 4.90 Å². The van der Waals surface area contributed by atoms with Crippen LogP contribution in [-0.2, 0) is 0 Å². The van der Waals surface area contributed by atoms with Gasteiger partial charge < -0.3 is 5.11 Å². The van der Waals surface area contributed by atoms with Gasteiger partial charge in [0.25, 0.3) is 5.91 Å². The van der Waals surface area contributed by atoms with Gasteiger partial charge in [0.05, 0.1) is 5.56 Å². The average Bonchev–Trinajstić information content (AvgIpc) is 2.64. The van der Waals surface area contributed by atoms with E-state index in [4.69, 9.17) is 0 Å². The van der Waals surface area contributed by atoms with E-state index in [2.05, 4.69) is 4.98 Å². The zero-order valence-electron chi connectivity index (χ0n) is 8.95. The number of carbonyl (C=O) groups is 1. The zero-order chi connectivity index (χ0) is 11.8. The van der Waals surface area contributed by atoms with Gasteiger partial charge in [0.15, 0.2) is 6.23 Å². The lowest BCUT2D eigenvalue weighted by atomic mass is 10.2. The van der Waals surface area contributed by atoms with Crippen LogP contribution in [0, 0.1) is 0 Å². The molecule has 2 aromatic rings. The smallest absolute Gasteiger partial charge is 0.262 e. The number of fused-ring (bicyclic) bond motifs is 1. The van der Waals surface area contributed by atoms with Gasteiger partial charge in [-0.3, -0.25) is 14.7 Å². The van der Waals surface area contributed by atoms with E-state index in [0.29, 0.717) is 16.8 Å². The van der Waals surface area contributed by atoms with Crippen molar-refractivity contribution in [3.05, 3.63) is 59.9 Å². The summed E-state index contributed by atoms with van der Waals surface area (Å²) in [4.78, 5) is 17.4. The topological polar surface area (TPSA) is 53.4 Å². The normalized spacial score (nSPS) is 18.3. The number of nitrogens with zero attached hydrogens (tertiary/aromatic N) is 2. The first kappa shape index (κ1) is 9.99. The summed E-state index contributed by atoms with van der Waals surface area (Å²) in [5.41, 5.74) is 1.75. The second-order valence-corrected chi connectivity index (χ2v) is 3.85. The van der Waals surface area contributed by atoms with Crippen LogP contribution in [0.1, 0.15) is 22.1 Å². The molecule has 0 radical (unpaired) electrons. The molecule has 0 aliphatic carbocycles. The Bertz CT molecular complexity index is 569. The number of aromatic nitrogens is 1. The predicted octanol–water partition coefficient (Wildman–Crippen LogP) is 1.73. The number of carbonyl (C=O) groups excluding carboxylic acids is 1. The molecule has 0 saturated heterocycles. The lowest BCUT2D eigenvalue weighted by Crippen LogP contribution is -2.27. The molecule has 1 N–H and O–H groups in total. The van der Waals surface area contributed by atoms with Crippen molar-refractivity contribution in [2.45, 2.75) is 6.23 Å². The fourth-order valence-corrected chi connectivity index (χ4v) is 2.04. The maximum absolute atomic E-state index is 12.1. The van der Waals surface area contributed by atoms with Crippen LogP contribution in [0.4, 0.5) is 5.69 Å². The van der Waals surface area contributed by atoms with Crippen molar-refractivity contribution in [1.29, 1.82) is 0 Å². The van der Waals surface area contributed by atoms with Gasteiger partial charge in [0.1, 0.15) is 0 Å². The molecule has 0 saturated carbocycles. The Morgan fingerprint density at radius 3 is 2.65 bits per heavy atom. The second-order valence-electron chi connectivity index (χ2n) is 3.85. The molecule has 1 aromatic carbocycles. The number of pyridine rings is 1. The van der Waals surface area contributed by atoms with Gasteiger partial charge in [-0.15, -0.1) is 0 Å². The molecule has 17 heavy (non-hydrogen) atoms. The Labute approximate surface area is 98.1 Å². The Hall–Kier alpha value is -2.20. The maximum atomic E-state index is 12.1. The summed E-state index contributed by atoms with van der Waals surface area (Å²) in [5.74, 6) is -0.216. The fourth-order valence-electron chi connectivity index (χ4n) is 2.04. The monoisotopic (exact) mass is 226 g/mol. The molecule has 0 spiro atoms. The van der Waals surface area contributed by atoms with Crippen LogP contribution in [0.15, 0.2) is 48.8 Å². The van der Waals surface area contributed by atoms with E-state index in [1.54, 1.807) is 24.4 Å². The SMILES string of the molecule is O=C1c2cnccc2C(O)N1c1ccccc1. The molecule has 4 heteroatoms. The van der Waals surface area contributed by atoms with E-state index in [1.807, 2.05) is 18.2 Å². The van der Waals surface area contributed by atoms with E-state index in [1.165, 1.54) is 11.1 Å². The van der Waals surface area contributed by atoms with Gasteiger partial charge in [-0.05, 0) is 18.2 Å². The van der Waals surface area contributed by atoms with Crippen LogP contribution in [-0.4, -0.2) is 16.0 Å². The average molecular weight is 226 g/mol. The number of rotatable bonds is 1. The number of para-hydroxylation sites is 1. The highest BCUT2D eigenvalue weighted by atomic mass is 16.3. The molecule has 0 fully saturated rings. The minimum absolute atomic E-state index is 0.216. The number of aliphatic hydroxyl groups excluding tert-OH is 1. The third-order valence-corrected chi connectivity index (χ3v) is 2.86. The molecule has 4 nitrogen and oxygen atoms in total. The summed E-state index contributed by atoms with van der Waals surface area (Å²) in [6.07, 6.45) is 2.14. The van der Waals surface area contributed by atoms with Crippen molar-refractivity contribution in [2.24, 2.45) is 0 Å². The summed E-state index contributed by atoms with van der Waals surface area (Å²) in [6, 6.07) is 10.8. The van der Waals surface area contributed by atoms with E-state index in [9.17, 15) is 9.90 Å². The van der Waals surface area contributed by atoms with Crippen molar-refractivity contribution < 1.29 is 9.90 Å². The van der Waals surface area contributed by atoms with Gasteiger partial charge in [0.2, 0.25) is 0 Å². The molecular weight excluding hydrogens is 216 g/mol. The zero-order valence-corrected chi connectivity index (χ0v) is 8.95. The highest BCUT2D eigenvalue weighted by molar-refractivity contribution is 6.10. The van der Waals surface area contributed by atoms with Gasteiger partial charge in [0, 0.05) is 23.6 Å². The molecule has 0 bridgehead atoms. The summed E-state index contributed by atoms with van der Waals surface area (Å²) in [7, 11) is 0. The Morgan fingerprint density at radius 2 is 1.94 bits per heavy atom. The first-order valence-corrected chi connectivity index (χ1v) is 5.29. The van der Waals surface area contributed by atoms with E-state index in [-0.39, 0.29) is 5.91 Å². The standard InChI is InChI=1S/C13H10N2O2/c16-12-10-6-7-14-8-11(10)13(17)15(12)9-4-2-1-3-5-9/h1-8,12,16H. The lowest BCUT2D eigenvalue weighted by Gasteiger charge is -2.20. The van der Waals surface area contributed by atoms with Crippen molar-refractivity contribution in [3.63, 3.8) is 0 Å². The number of anilines is 1. The molecular formula is C13H10N2O2. The second kappa shape index (κ2) is 3.68. The molecule has 1 unspecified atom stereocenters.